The zero-order valence-electron chi connectivity index (χ0n) is 14.7. The van der Waals surface area contributed by atoms with Crippen LogP contribution in [0.1, 0.15) is 34.1 Å². The van der Waals surface area contributed by atoms with E-state index in [-0.39, 0.29) is 11.5 Å². The number of aryl methyl sites for hydroxylation is 2. The lowest BCUT2D eigenvalue weighted by Gasteiger charge is -2.06. The third-order valence-corrected chi connectivity index (χ3v) is 4.18. The average Bonchev–Trinajstić information content (AvgIpc) is 2.99. The van der Waals surface area contributed by atoms with Crippen molar-refractivity contribution in [2.75, 3.05) is 11.1 Å². The van der Waals surface area contributed by atoms with Crippen LogP contribution in [0, 0.1) is 12.7 Å². The van der Waals surface area contributed by atoms with E-state index in [4.69, 9.17) is 5.73 Å². The van der Waals surface area contributed by atoms with Crippen molar-refractivity contribution in [3.05, 3.63) is 70.7 Å². The smallest absolute Gasteiger partial charge is 0.280 e. The molecule has 0 atom stereocenters. The highest BCUT2D eigenvalue weighted by Gasteiger charge is 2.18. The molecule has 3 N–H and O–H groups in total. The number of anilines is 2. The zero-order chi connectivity index (χ0) is 18.7. The number of carbonyl (C=O) groups is 1. The summed E-state index contributed by atoms with van der Waals surface area (Å²) in [6.07, 6.45) is 0.968. The first kappa shape index (κ1) is 17.6. The molecule has 3 aromatic rings. The summed E-state index contributed by atoms with van der Waals surface area (Å²) in [7, 11) is 0. The van der Waals surface area contributed by atoms with Crippen LogP contribution in [-0.2, 0) is 13.0 Å². The van der Waals surface area contributed by atoms with Gasteiger partial charge in [0.05, 0.1) is 6.54 Å². The Bertz CT molecular complexity index is 934. The molecule has 0 aliphatic rings. The number of nitrogens with two attached hydrogens (primary N) is 1. The van der Waals surface area contributed by atoms with E-state index in [1.54, 1.807) is 19.1 Å². The van der Waals surface area contributed by atoms with Gasteiger partial charge in [0.2, 0.25) is 0 Å². The Morgan fingerprint density at radius 1 is 1.19 bits per heavy atom. The molecule has 0 spiro atoms. The van der Waals surface area contributed by atoms with Gasteiger partial charge in [-0.25, -0.2) is 9.07 Å². The van der Waals surface area contributed by atoms with Crippen molar-refractivity contribution in [3.63, 3.8) is 0 Å². The third-order valence-electron chi connectivity index (χ3n) is 4.18. The molecule has 3 rings (SSSR count). The lowest BCUT2D eigenvalue weighted by molar-refractivity contribution is 0.102. The van der Waals surface area contributed by atoms with Gasteiger partial charge in [0.25, 0.3) is 5.91 Å². The first-order valence-electron chi connectivity index (χ1n) is 8.32. The first-order chi connectivity index (χ1) is 12.5. The van der Waals surface area contributed by atoms with Crippen LogP contribution in [0.15, 0.2) is 42.5 Å². The third kappa shape index (κ3) is 3.72. The van der Waals surface area contributed by atoms with Crippen LogP contribution in [0.5, 0.6) is 0 Å². The number of halogens is 1. The van der Waals surface area contributed by atoms with Gasteiger partial charge in [0, 0.05) is 5.69 Å². The summed E-state index contributed by atoms with van der Waals surface area (Å²) in [4.78, 5) is 12.4. The number of aromatic nitrogens is 3. The standard InChI is InChI=1S/C19H20FN5O/c1-3-13-5-7-14(8-6-13)11-25-18(21)17(23-24-25)19(26)22-15-9-4-12(2)16(20)10-15/h4-10H,3,11,21H2,1-2H3,(H,22,26). The van der Waals surface area contributed by atoms with E-state index < -0.39 is 11.7 Å². The molecular weight excluding hydrogens is 333 g/mol. The molecule has 1 heterocycles. The molecule has 0 aliphatic heterocycles. The molecule has 26 heavy (non-hydrogen) atoms. The van der Waals surface area contributed by atoms with Crippen LogP contribution in [0.3, 0.4) is 0 Å². The van der Waals surface area contributed by atoms with Gasteiger partial charge >= 0.3 is 0 Å². The number of carbonyl (C=O) groups excluding carboxylic acids is 1. The first-order valence-corrected chi connectivity index (χ1v) is 8.32. The van der Waals surface area contributed by atoms with E-state index in [0.717, 1.165) is 12.0 Å². The lowest BCUT2D eigenvalue weighted by Crippen LogP contribution is -2.15. The van der Waals surface area contributed by atoms with Crippen molar-refractivity contribution in [2.24, 2.45) is 0 Å². The molecule has 0 saturated carbocycles. The van der Waals surface area contributed by atoms with Crippen molar-refractivity contribution in [1.82, 2.24) is 15.0 Å². The highest BCUT2D eigenvalue weighted by atomic mass is 19.1. The second kappa shape index (κ2) is 7.35. The van der Waals surface area contributed by atoms with E-state index in [2.05, 4.69) is 22.6 Å². The number of hydrogen-bond acceptors (Lipinski definition) is 4. The number of nitrogen functional groups attached to an aromatic ring is 1. The Hall–Kier alpha value is -3.22. The van der Waals surface area contributed by atoms with Gasteiger partial charge in [-0.1, -0.05) is 42.5 Å². The Morgan fingerprint density at radius 3 is 2.54 bits per heavy atom. The number of nitrogens with one attached hydrogen (secondary N) is 1. The molecule has 0 radical (unpaired) electrons. The van der Waals surface area contributed by atoms with Crippen LogP contribution in [0.2, 0.25) is 0 Å². The van der Waals surface area contributed by atoms with Gasteiger partial charge in [-0.05, 0) is 42.2 Å². The summed E-state index contributed by atoms with van der Waals surface area (Å²) in [6, 6.07) is 12.5. The van der Waals surface area contributed by atoms with Crippen LogP contribution in [-0.4, -0.2) is 20.9 Å². The molecule has 1 aromatic heterocycles. The van der Waals surface area contributed by atoms with Crippen molar-refractivity contribution in [3.8, 4) is 0 Å². The molecule has 0 aliphatic carbocycles. The Balaban J connectivity index is 1.74. The number of rotatable bonds is 5. The van der Waals surface area contributed by atoms with Crippen LogP contribution in [0.4, 0.5) is 15.9 Å². The summed E-state index contributed by atoms with van der Waals surface area (Å²) in [5.41, 5.74) is 9.11. The normalized spacial score (nSPS) is 10.7. The predicted octanol–water partition coefficient (Wildman–Crippen LogP) is 3.17. The number of benzene rings is 2. The second-order valence-corrected chi connectivity index (χ2v) is 6.07. The van der Waals surface area contributed by atoms with Gasteiger partial charge < -0.3 is 11.1 Å². The van der Waals surface area contributed by atoms with E-state index in [1.807, 2.05) is 24.3 Å². The minimum atomic E-state index is -0.529. The second-order valence-electron chi connectivity index (χ2n) is 6.07. The summed E-state index contributed by atoms with van der Waals surface area (Å²) in [5, 5.41) is 10.4. The van der Waals surface area contributed by atoms with E-state index >= 15 is 0 Å². The predicted molar refractivity (Wildman–Crippen MR) is 98.4 cm³/mol. The molecule has 0 bridgehead atoms. The minimum Gasteiger partial charge on any atom is -0.382 e. The Labute approximate surface area is 150 Å². The molecule has 134 valence electrons. The lowest BCUT2D eigenvalue weighted by atomic mass is 10.1. The minimum absolute atomic E-state index is 0.0103. The molecule has 0 saturated heterocycles. The zero-order valence-corrected chi connectivity index (χ0v) is 14.7. The van der Waals surface area contributed by atoms with E-state index in [9.17, 15) is 9.18 Å². The van der Waals surface area contributed by atoms with Gasteiger partial charge in [0.15, 0.2) is 11.5 Å². The van der Waals surface area contributed by atoms with Gasteiger partial charge in [-0.15, -0.1) is 5.10 Å². The molecule has 7 heteroatoms. The van der Waals surface area contributed by atoms with Gasteiger partial charge in [0.1, 0.15) is 5.82 Å². The summed E-state index contributed by atoms with van der Waals surface area (Å²) >= 11 is 0. The monoisotopic (exact) mass is 353 g/mol. The molecule has 6 nitrogen and oxygen atoms in total. The van der Waals surface area contributed by atoms with Crippen molar-refractivity contribution in [2.45, 2.75) is 26.8 Å². The largest absolute Gasteiger partial charge is 0.382 e. The van der Waals surface area contributed by atoms with Gasteiger partial charge in [-0.3, -0.25) is 4.79 Å². The molecular formula is C19H20FN5O. The number of hydrogen-bond donors (Lipinski definition) is 2. The molecule has 0 unspecified atom stereocenters. The number of nitrogens with zero attached hydrogens (tertiary/aromatic N) is 3. The number of amides is 1. The van der Waals surface area contributed by atoms with Crippen molar-refractivity contribution < 1.29 is 9.18 Å². The quantitative estimate of drug-likeness (QED) is 0.738. The summed E-state index contributed by atoms with van der Waals surface area (Å²) in [6.45, 7) is 4.15. The maximum absolute atomic E-state index is 13.6. The summed E-state index contributed by atoms with van der Waals surface area (Å²) < 4.78 is 15.1. The van der Waals surface area contributed by atoms with E-state index in [1.165, 1.54) is 16.3 Å². The fourth-order valence-electron chi connectivity index (χ4n) is 2.51. The van der Waals surface area contributed by atoms with Crippen LogP contribution >= 0.6 is 0 Å². The van der Waals surface area contributed by atoms with Crippen molar-refractivity contribution >= 4 is 17.4 Å². The summed E-state index contributed by atoms with van der Waals surface area (Å²) in [5.74, 6) is -0.761. The van der Waals surface area contributed by atoms with E-state index in [0.29, 0.717) is 17.8 Å². The van der Waals surface area contributed by atoms with Crippen LogP contribution in [0.25, 0.3) is 0 Å². The fraction of sp³-hybridized carbons (Fsp3) is 0.211. The van der Waals surface area contributed by atoms with Gasteiger partial charge in [-0.2, -0.15) is 0 Å². The Kier molecular flexibility index (Phi) is 4.97. The highest BCUT2D eigenvalue weighted by Crippen LogP contribution is 2.17. The fourth-order valence-corrected chi connectivity index (χ4v) is 2.51. The SMILES string of the molecule is CCc1ccc(Cn2nnc(C(=O)Nc3ccc(C)c(F)c3)c2N)cc1. The average molecular weight is 353 g/mol. The maximum atomic E-state index is 13.6. The molecule has 1 amide bonds. The van der Waals surface area contributed by atoms with Crippen LogP contribution < -0.4 is 11.1 Å². The highest BCUT2D eigenvalue weighted by molar-refractivity contribution is 6.05. The molecule has 0 fully saturated rings. The van der Waals surface area contributed by atoms with Crippen molar-refractivity contribution in [1.29, 1.82) is 0 Å². The maximum Gasteiger partial charge on any atom is 0.280 e. The topological polar surface area (TPSA) is 85.8 Å². The Morgan fingerprint density at radius 2 is 1.88 bits per heavy atom. The molecule has 2 aromatic carbocycles.